The lowest BCUT2D eigenvalue weighted by molar-refractivity contribution is -0.306. The molecule has 9 nitrogen and oxygen atoms in total. The molecular formula is C35H50N4O5-2. The minimum Gasteiger partial charge on any atom is -0.872 e. The van der Waals surface area contributed by atoms with E-state index in [1.165, 1.54) is 18.3 Å². The topological polar surface area (TPSA) is 138 Å². The van der Waals surface area contributed by atoms with Crippen molar-refractivity contribution < 1.29 is 24.5 Å². The molecule has 9 heteroatoms. The van der Waals surface area contributed by atoms with E-state index in [0.717, 1.165) is 31.3 Å². The molecule has 3 fully saturated rings. The van der Waals surface area contributed by atoms with Gasteiger partial charge in [-0.1, -0.05) is 49.3 Å². The van der Waals surface area contributed by atoms with E-state index in [2.05, 4.69) is 61.6 Å². The number of carboxylic acids is 1. The van der Waals surface area contributed by atoms with E-state index in [9.17, 15) is 19.8 Å². The Hall–Kier alpha value is -2.46. The second-order valence-corrected chi connectivity index (χ2v) is 14.4. The first-order valence-electron chi connectivity index (χ1n) is 16.8. The molecule has 6 aliphatic rings. The third kappa shape index (κ3) is 4.99. The second kappa shape index (κ2) is 12.0. The quantitative estimate of drug-likeness (QED) is 0.260. The van der Waals surface area contributed by atoms with Gasteiger partial charge >= 0.3 is 5.97 Å². The maximum atomic E-state index is 14.1. The number of rotatable bonds is 6. The SMILES string of the molecule is C=CC1C2CC3NC(CC4NC5C(=C4C)C([O-])=C(C(=O)OC)C5C4NC(CC(N2)C1C)[C@@H](C)[C@@H]4CCC(=O)[O-])C(CC)=C3C. The normalized spacial score (nSPS) is 43.3. The first kappa shape index (κ1) is 31.5. The molecule has 1 aliphatic carbocycles. The number of methoxy groups -OCH3 is 1. The summed E-state index contributed by atoms with van der Waals surface area (Å²) in [5, 5.41) is 41.5. The van der Waals surface area contributed by atoms with Crippen LogP contribution in [0, 0.1) is 29.6 Å². The molecule has 11 unspecified atom stereocenters. The van der Waals surface area contributed by atoms with Crippen LogP contribution in [0.1, 0.15) is 73.1 Å². The van der Waals surface area contributed by atoms with Crippen LogP contribution in [0.2, 0.25) is 0 Å². The predicted octanol–water partition coefficient (Wildman–Crippen LogP) is 1.21. The smallest absolute Gasteiger partial charge is 0.333 e. The van der Waals surface area contributed by atoms with Crippen LogP contribution in [0.25, 0.3) is 0 Å². The van der Waals surface area contributed by atoms with Gasteiger partial charge in [0.15, 0.2) is 0 Å². The van der Waals surface area contributed by atoms with Crippen LogP contribution in [0.3, 0.4) is 0 Å². The van der Waals surface area contributed by atoms with E-state index in [-0.39, 0.29) is 71.9 Å². The van der Waals surface area contributed by atoms with Gasteiger partial charge in [-0.05, 0) is 81.6 Å². The van der Waals surface area contributed by atoms with Gasteiger partial charge in [0.05, 0.1) is 7.11 Å². The van der Waals surface area contributed by atoms with E-state index >= 15 is 0 Å². The van der Waals surface area contributed by atoms with Crippen molar-refractivity contribution in [2.75, 3.05) is 7.11 Å². The summed E-state index contributed by atoms with van der Waals surface area (Å²) in [6.07, 6.45) is 6.15. The average Bonchev–Trinajstić information content (AvgIpc) is 3.72. The van der Waals surface area contributed by atoms with E-state index < -0.39 is 17.9 Å². The van der Waals surface area contributed by atoms with E-state index in [0.29, 0.717) is 29.9 Å². The van der Waals surface area contributed by atoms with Gasteiger partial charge in [-0.3, -0.25) is 0 Å². The van der Waals surface area contributed by atoms with Gasteiger partial charge in [-0.15, -0.1) is 6.58 Å². The molecule has 0 aromatic rings. The second-order valence-electron chi connectivity index (χ2n) is 14.4. The third-order valence-electron chi connectivity index (χ3n) is 12.6. The van der Waals surface area contributed by atoms with Gasteiger partial charge < -0.3 is 41.0 Å². The fraction of sp³-hybridized carbons (Fsp3) is 0.714. The molecule has 3 saturated heterocycles. The van der Waals surface area contributed by atoms with Gasteiger partial charge in [0.1, 0.15) is 0 Å². The number of ether oxygens (including phenoxy) is 1. The lowest BCUT2D eigenvalue weighted by atomic mass is 9.76. The van der Waals surface area contributed by atoms with Crippen molar-refractivity contribution in [2.45, 2.75) is 121 Å². The number of carbonyl (C=O) groups is 2. The molecule has 13 atom stereocenters. The average molecular weight is 607 g/mol. The minimum atomic E-state index is -1.08. The Morgan fingerprint density at radius 2 is 1.66 bits per heavy atom. The summed E-state index contributed by atoms with van der Waals surface area (Å²) < 4.78 is 5.20. The van der Waals surface area contributed by atoms with Crippen molar-refractivity contribution in [1.82, 2.24) is 21.3 Å². The summed E-state index contributed by atoms with van der Waals surface area (Å²) in [5.41, 5.74) is 4.77. The number of fused-ring (bicyclic) bond motifs is 8. The molecule has 5 heterocycles. The first-order chi connectivity index (χ1) is 21.0. The standard InChI is InChI=1S/C35H52N4O5/c1-8-19-15(3)22-12-24-17(5)21(10-11-28(40)41)32(38-24)30-31(35(43)44-7)34(42)29-18(6)25(39-33(29)30)14-27-20(9-2)16(4)23(37-27)13-26(19)36-22/h8,15,17,19,21-27,30,32-33,36-39,42H,1,9-14H2,2-7H3,(H,40,41)/p-2/t15?,17-,19?,21-,22?,23?,24?,25?,26?,27?,30?,32?,33?/m0/s1. The van der Waals surface area contributed by atoms with Crippen LogP contribution < -0.4 is 31.5 Å². The number of carbonyl (C=O) groups excluding carboxylic acids is 2. The minimum absolute atomic E-state index is 0.00891. The summed E-state index contributed by atoms with van der Waals surface area (Å²) in [5.74, 6) is -1.53. The molecule has 5 aliphatic heterocycles. The van der Waals surface area contributed by atoms with Crippen LogP contribution in [-0.2, 0) is 14.3 Å². The molecule has 4 N–H and O–H groups in total. The van der Waals surface area contributed by atoms with Gasteiger partial charge in [-0.25, -0.2) is 4.79 Å². The highest BCUT2D eigenvalue weighted by molar-refractivity contribution is 5.92. The Labute approximate surface area is 262 Å². The number of nitrogens with one attached hydrogen (secondary N) is 4. The van der Waals surface area contributed by atoms with Crippen molar-refractivity contribution >= 4 is 11.9 Å². The molecule has 0 radical (unpaired) electrons. The summed E-state index contributed by atoms with van der Waals surface area (Å²) in [6.45, 7) is 15.3. The zero-order chi connectivity index (χ0) is 31.6. The Morgan fingerprint density at radius 1 is 0.955 bits per heavy atom. The molecule has 0 saturated carbocycles. The Morgan fingerprint density at radius 3 is 2.32 bits per heavy atom. The van der Waals surface area contributed by atoms with E-state index in [4.69, 9.17) is 4.74 Å². The molecule has 6 rings (SSSR count). The van der Waals surface area contributed by atoms with Crippen LogP contribution in [0.5, 0.6) is 0 Å². The lowest BCUT2D eigenvalue weighted by Gasteiger charge is -2.34. The number of hydrogen-bond acceptors (Lipinski definition) is 9. The Bertz CT molecular complexity index is 1300. The van der Waals surface area contributed by atoms with Crippen molar-refractivity contribution in [3.63, 3.8) is 0 Å². The highest BCUT2D eigenvalue weighted by Gasteiger charge is 2.55. The van der Waals surface area contributed by atoms with Gasteiger partial charge in [0.2, 0.25) is 0 Å². The highest BCUT2D eigenvalue weighted by Crippen LogP contribution is 2.49. The zero-order valence-electron chi connectivity index (χ0n) is 27.1. The maximum absolute atomic E-state index is 14.1. The monoisotopic (exact) mass is 606 g/mol. The largest absolute Gasteiger partial charge is 0.872 e. The van der Waals surface area contributed by atoms with Crippen LogP contribution >= 0.6 is 0 Å². The van der Waals surface area contributed by atoms with Crippen molar-refractivity contribution in [2.24, 2.45) is 29.6 Å². The number of hydrogen-bond donors (Lipinski definition) is 4. The summed E-state index contributed by atoms with van der Waals surface area (Å²) in [7, 11) is 1.33. The molecule has 8 bridgehead atoms. The summed E-state index contributed by atoms with van der Waals surface area (Å²) in [6, 6.07) is 0.529. The number of esters is 1. The third-order valence-corrected chi connectivity index (χ3v) is 12.6. The summed E-state index contributed by atoms with van der Waals surface area (Å²) >= 11 is 0. The fourth-order valence-electron chi connectivity index (χ4n) is 10.2. The molecule has 242 valence electrons. The fourth-order valence-corrected chi connectivity index (χ4v) is 10.2. The number of carboxylic acid groups (broad SMARTS) is 1. The van der Waals surface area contributed by atoms with Crippen LogP contribution in [0.15, 0.2) is 46.3 Å². The molecule has 0 aromatic carbocycles. The number of aliphatic carboxylic acids is 1. The molecule has 0 spiro atoms. The van der Waals surface area contributed by atoms with Gasteiger partial charge in [-0.2, -0.15) is 0 Å². The lowest BCUT2D eigenvalue weighted by Crippen LogP contribution is -2.50. The maximum Gasteiger partial charge on any atom is 0.333 e. The van der Waals surface area contributed by atoms with E-state index in [1.807, 2.05) is 6.92 Å². The van der Waals surface area contributed by atoms with Gasteiger partial charge in [0.25, 0.3) is 0 Å². The predicted molar refractivity (Wildman–Crippen MR) is 165 cm³/mol. The van der Waals surface area contributed by atoms with Crippen LogP contribution in [-0.4, -0.2) is 67.4 Å². The van der Waals surface area contributed by atoms with Crippen molar-refractivity contribution in [3.8, 4) is 0 Å². The molecule has 0 amide bonds. The van der Waals surface area contributed by atoms with Crippen LogP contribution in [0.4, 0.5) is 0 Å². The summed E-state index contributed by atoms with van der Waals surface area (Å²) in [4.78, 5) is 25.0. The first-order valence-corrected chi connectivity index (χ1v) is 16.8. The Kier molecular flexibility index (Phi) is 8.63. The Balaban J connectivity index is 1.45. The molecule has 0 aromatic heterocycles. The zero-order valence-corrected chi connectivity index (χ0v) is 27.1. The van der Waals surface area contributed by atoms with Crippen molar-refractivity contribution in [1.29, 1.82) is 0 Å². The van der Waals surface area contributed by atoms with Gasteiger partial charge in [0, 0.05) is 65.8 Å². The molecule has 44 heavy (non-hydrogen) atoms. The molecular weight excluding hydrogens is 556 g/mol. The van der Waals surface area contributed by atoms with E-state index in [1.54, 1.807) is 0 Å². The highest BCUT2D eigenvalue weighted by atomic mass is 16.5. The van der Waals surface area contributed by atoms with Crippen molar-refractivity contribution in [3.05, 3.63) is 46.3 Å².